The number of benzene rings is 2. The van der Waals surface area contributed by atoms with E-state index >= 15 is 0 Å². The van der Waals surface area contributed by atoms with Gasteiger partial charge in [0.25, 0.3) is 0 Å². The molecule has 0 saturated carbocycles. The maximum absolute atomic E-state index is 12.0. The molecule has 4 nitrogen and oxygen atoms in total. The minimum Gasteiger partial charge on any atom is -0.481 e. The maximum Gasteiger partial charge on any atom is 0.323 e. The standard InChI is InChI=1S/C16H12O4/c17-14(18)9-10-6-7-13-12(8-10)15(16(19)20-13)11-4-2-1-3-5-11/h1-8,15H,9H2,(H,17,18)/t15-/m0/s1. The number of carbonyl (C=O) groups is 2. The van der Waals surface area contributed by atoms with Gasteiger partial charge in [-0.2, -0.15) is 0 Å². The molecule has 0 fully saturated rings. The summed E-state index contributed by atoms with van der Waals surface area (Å²) in [5, 5.41) is 8.85. The third-order valence-corrected chi connectivity index (χ3v) is 3.32. The van der Waals surface area contributed by atoms with Crippen molar-refractivity contribution >= 4 is 11.9 Å². The van der Waals surface area contributed by atoms with Gasteiger partial charge in [0.1, 0.15) is 11.7 Å². The summed E-state index contributed by atoms with van der Waals surface area (Å²) in [5.41, 5.74) is 2.25. The largest absolute Gasteiger partial charge is 0.481 e. The highest BCUT2D eigenvalue weighted by Gasteiger charge is 2.34. The second-order valence-corrected chi connectivity index (χ2v) is 4.71. The highest BCUT2D eigenvalue weighted by Crippen LogP contribution is 2.39. The van der Waals surface area contributed by atoms with E-state index in [0.29, 0.717) is 11.3 Å². The lowest BCUT2D eigenvalue weighted by Crippen LogP contribution is -2.11. The number of hydrogen-bond acceptors (Lipinski definition) is 3. The number of carboxylic acid groups (broad SMARTS) is 1. The molecule has 0 aliphatic carbocycles. The van der Waals surface area contributed by atoms with Crippen molar-refractivity contribution in [2.24, 2.45) is 0 Å². The van der Waals surface area contributed by atoms with Crippen LogP contribution in [0.3, 0.4) is 0 Å². The third-order valence-electron chi connectivity index (χ3n) is 3.32. The van der Waals surface area contributed by atoms with Gasteiger partial charge in [-0.05, 0) is 17.2 Å². The minimum absolute atomic E-state index is 0.0665. The molecule has 2 aromatic carbocycles. The first-order valence-electron chi connectivity index (χ1n) is 6.26. The zero-order valence-electron chi connectivity index (χ0n) is 10.6. The van der Waals surface area contributed by atoms with Crippen molar-refractivity contribution in [1.82, 2.24) is 0 Å². The fraction of sp³-hybridized carbons (Fsp3) is 0.125. The first-order valence-corrected chi connectivity index (χ1v) is 6.26. The normalized spacial score (nSPS) is 16.6. The van der Waals surface area contributed by atoms with Crippen LogP contribution < -0.4 is 4.74 Å². The molecule has 0 saturated heterocycles. The van der Waals surface area contributed by atoms with Gasteiger partial charge in [-0.1, -0.05) is 42.5 Å². The molecule has 2 aromatic rings. The van der Waals surface area contributed by atoms with E-state index in [0.717, 1.165) is 11.1 Å². The van der Waals surface area contributed by atoms with Crippen LogP contribution in [0.15, 0.2) is 48.5 Å². The highest BCUT2D eigenvalue weighted by atomic mass is 16.5. The second-order valence-electron chi connectivity index (χ2n) is 4.71. The van der Waals surface area contributed by atoms with Gasteiger partial charge < -0.3 is 9.84 Å². The minimum atomic E-state index is -0.897. The molecule has 4 heteroatoms. The summed E-state index contributed by atoms with van der Waals surface area (Å²) in [7, 11) is 0. The Bertz CT molecular complexity index is 676. The molecule has 1 heterocycles. The Hall–Kier alpha value is -2.62. The van der Waals surface area contributed by atoms with Crippen LogP contribution in [0.25, 0.3) is 0 Å². The molecule has 0 unspecified atom stereocenters. The van der Waals surface area contributed by atoms with Crippen molar-refractivity contribution in [2.75, 3.05) is 0 Å². The van der Waals surface area contributed by atoms with E-state index in [4.69, 9.17) is 9.84 Å². The van der Waals surface area contributed by atoms with Gasteiger partial charge >= 0.3 is 11.9 Å². The summed E-state index contributed by atoms with van der Waals surface area (Å²) >= 11 is 0. The fourth-order valence-corrected chi connectivity index (χ4v) is 2.46. The number of esters is 1. The zero-order valence-corrected chi connectivity index (χ0v) is 10.6. The second kappa shape index (κ2) is 4.81. The Morgan fingerprint density at radius 1 is 1.15 bits per heavy atom. The van der Waals surface area contributed by atoms with E-state index < -0.39 is 11.9 Å². The summed E-state index contributed by atoms with van der Waals surface area (Å²) in [4.78, 5) is 22.8. The molecule has 0 amide bonds. The van der Waals surface area contributed by atoms with Crippen LogP contribution in [0.2, 0.25) is 0 Å². The molecule has 20 heavy (non-hydrogen) atoms. The Morgan fingerprint density at radius 2 is 1.90 bits per heavy atom. The van der Waals surface area contributed by atoms with Gasteiger partial charge in [0.15, 0.2) is 0 Å². The highest BCUT2D eigenvalue weighted by molar-refractivity contribution is 5.89. The van der Waals surface area contributed by atoms with Crippen LogP contribution in [0.5, 0.6) is 5.75 Å². The van der Waals surface area contributed by atoms with Crippen LogP contribution in [0, 0.1) is 0 Å². The number of fused-ring (bicyclic) bond motifs is 1. The molecule has 100 valence electrons. The fourth-order valence-electron chi connectivity index (χ4n) is 2.46. The third kappa shape index (κ3) is 2.16. The smallest absolute Gasteiger partial charge is 0.323 e. The predicted molar refractivity (Wildman–Crippen MR) is 71.7 cm³/mol. The monoisotopic (exact) mass is 268 g/mol. The molecule has 1 N–H and O–H groups in total. The molecule has 1 atom stereocenters. The van der Waals surface area contributed by atoms with Gasteiger partial charge in [0.2, 0.25) is 0 Å². The Morgan fingerprint density at radius 3 is 2.60 bits per heavy atom. The number of carbonyl (C=O) groups excluding carboxylic acids is 1. The summed E-state index contributed by atoms with van der Waals surface area (Å²) < 4.78 is 5.25. The zero-order chi connectivity index (χ0) is 14.1. The quantitative estimate of drug-likeness (QED) is 0.685. The Labute approximate surface area is 115 Å². The van der Waals surface area contributed by atoms with Gasteiger partial charge in [-0.3, -0.25) is 9.59 Å². The summed E-state index contributed by atoms with van der Waals surface area (Å²) in [5.74, 6) is -1.18. The van der Waals surface area contributed by atoms with Gasteiger partial charge in [0, 0.05) is 5.56 Å². The van der Waals surface area contributed by atoms with Gasteiger partial charge in [-0.25, -0.2) is 0 Å². The van der Waals surface area contributed by atoms with E-state index in [1.165, 1.54) is 0 Å². The molecule has 1 aliphatic rings. The van der Waals surface area contributed by atoms with E-state index in [2.05, 4.69) is 0 Å². The topological polar surface area (TPSA) is 63.6 Å². The number of aliphatic carboxylic acids is 1. The van der Waals surface area contributed by atoms with Crippen LogP contribution in [0.4, 0.5) is 0 Å². The number of carboxylic acids is 1. The molecule has 0 aromatic heterocycles. The molecule has 0 spiro atoms. The number of hydrogen-bond donors (Lipinski definition) is 1. The summed E-state index contributed by atoms with van der Waals surface area (Å²) in [6.07, 6.45) is -0.0665. The number of ether oxygens (including phenoxy) is 1. The molecule has 1 aliphatic heterocycles. The maximum atomic E-state index is 12.0. The predicted octanol–water partition coefficient (Wildman–Crippen LogP) is 2.36. The molecular weight excluding hydrogens is 256 g/mol. The number of rotatable bonds is 3. The van der Waals surface area contributed by atoms with E-state index in [1.54, 1.807) is 18.2 Å². The van der Waals surface area contributed by atoms with E-state index in [9.17, 15) is 9.59 Å². The van der Waals surface area contributed by atoms with E-state index in [1.807, 2.05) is 30.3 Å². The van der Waals surface area contributed by atoms with Crippen molar-refractivity contribution in [2.45, 2.75) is 12.3 Å². The average molecular weight is 268 g/mol. The van der Waals surface area contributed by atoms with Crippen molar-refractivity contribution in [3.05, 3.63) is 65.2 Å². The first kappa shape index (κ1) is 12.4. The Balaban J connectivity index is 2.04. The average Bonchev–Trinajstić information content (AvgIpc) is 2.74. The summed E-state index contributed by atoms with van der Waals surface area (Å²) in [6, 6.07) is 14.4. The molecule has 0 radical (unpaired) electrons. The van der Waals surface area contributed by atoms with Crippen molar-refractivity contribution in [3.8, 4) is 5.75 Å². The van der Waals surface area contributed by atoms with Crippen molar-refractivity contribution < 1.29 is 19.4 Å². The van der Waals surface area contributed by atoms with Crippen LogP contribution in [-0.4, -0.2) is 17.0 Å². The van der Waals surface area contributed by atoms with Gasteiger partial charge in [0.05, 0.1) is 6.42 Å². The van der Waals surface area contributed by atoms with Crippen molar-refractivity contribution in [3.63, 3.8) is 0 Å². The molecule has 3 rings (SSSR count). The van der Waals surface area contributed by atoms with Crippen LogP contribution in [0.1, 0.15) is 22.6 Å². The van der Waals surface area contributed by atoms with Crippen LogP contribution in [-0.2, 0) is 16.0 Å². The van der Waals surface area contributed by atoms with E-state index in [-0.39, 0.29) is 12.4 Å². The lowest BCUT2D eigenvalue weighted by atomic mass is 9.91. The van der Waals surface area contributed by atoms with Gasteiger partial charge in [-0.15, -0.1) is 0 Å². The van der Waals surface area contributed by atoms with Crippen LogP contribution >= 0.6 is 0 Å². The first-order chi connectivity index (χ1) is 9.65. The molecular formula is C16H12O4. The molecule has 0 bridgehead atoms. The SMILES string of the molecule is O=C(O)Cc1ccc2c(c1)[C@H](c1ccccc1)C(=O)O2. The summed E-state index contributed by atoms with van der Waals surface area (Å²) in [6.45, 7) is 0. The lowest BCUT2D eigenvalue weighted by Gasteiger charge is -2.08. The lowest BCUT2D eigenvalue weighted by molar-refractivity contribution is -0.136. The Kier molecular flexibility index (Phi) is 2.99. The van der Waals surface area contributed by atoms with Crippen molar-refractivity contribution in [1.29, 1.82) is 0 Å².